The maximum Gasteiger partial charge on any atom is 0.0832 e. The summed E-state index contributed by atoms with van der Waals surface area (Å²) in [6.07, 6.45) is 0.573. The van der Waals surface area contributed by atoms with Crippen LogP contribution in [0.25, 0.3) is 0 Å². The first-order valence-electron chi connectivity index (χ1n) is 6.04. The smallest absolute Gasteiger partial charge is 0.0832 e. The van der Waals surface area contributed by atoms with Crippen LogP contribution in [0.1, 0.15) is 17.5 Å². The van der Waals surface area contributed by atoms with E-state index in [2.05, 4.69) is 42.2 Å². The highest BCUT2D eigenvalue weighted by Gasteiger charge is 2.19. The first-order chi connectivity index (χ1) is 8.28. The number of aryl methyl sites for hydroxylation is 1. The van der Waals surface area contributed by atoms with Crippen molar-refractivity contribution in [2.45, 2.75) is 26.0 Å². The fourth-order valence-corrected chi connectivity index (χ4v) is 2.10. The van der Waals surface area contributed by atoms with Crippen molar-refractivity contribution in [2.24, 2.45) is 0 Å². The van der Waals surface area contributed by atoms with Gasteiger partial charge in [-0.05, 0) is 12.5 Å². The van der Waals surface area contributed by atoms with Crippen molar-refractivity contribution in [3.8, 4) is 6.07 Å². The number of morpholine rings is 1. The van der Waals surface area contributed by atoms with E-state index < -0.39 is 0 Å². The van der Waals surface area contributed by atoms with Gasteiger partial charge in [-0.25, -0.2) is 0 Å². The second kappa shape index (κ2) is 5.81. The van der Waals surface area contributed by atoms with Crippen molar-refractivity contribution in [3.05, 3.63) is 35.4 Å². The molecule has 1 heterocycles. The van der Waals surface area contributed by atoms with Gasteiger partial charge in [0.1, 0.15) is 0 Å². The Morgan fingerprint density at radius 2 is 2.18 bits per heavy atom. The molecule has 1 aliphatic heterocycles. The van der Waals surface area contributed by atoms with Gasteiger partial charge >= 0.3 is 0 Å². The Balaban J connectivity index is 1.90. The summed E-state index contributed by atoms with van der Waals surface area (Å²) in [5.41, 5.74) is 2.62. The van der Waals surface area contributed by atoms with Gasteiger partial charge in [0.15, 0.2) is 0 Å². The van der Waals surface area contributed by atoms with Crippen LogP contribution in [0.15, 0.2) is 24.3 Å². The largest absolute Gasteiger partial charge is 0.374 e. The second-order valence-electron chi connectivity index (χ2n) is 4.58. The molecule has 0 aromatic heterocycles. The van der Waals surface area contributed by atoms with Crippen LogP contribution in [0, 0.1) is 18.3 Å². The lowest BCUT2D eigenvalue weighted by atomic mass is 10.1. The molecule has 1 aliphatic rings. The highest BCUT2D eigenvalue weighted by atomic mass is 16.5. The topological polar surface area (TPSA) is 36.3 Å². The van der Waals surface area contributed by atoms with Gasteiger partial charge in [0.2, 0.25) is 0 Å². The lowest BCUT2D eigenvalue weighted by molar-refractivity contribution is -0.0283. The molecule has 0 radical (unpaired) electrons. The van der Waals surface area contributed by atoms with Crippen LogP contribution >= 0.6 is 0 Å². The van der Waals surface area contributed by atoms with Gasteiger partial charge < -0.3 is 4.74 Å². The monoisotopic (exact) mass is 230 g/mol. The van der Waals surface area contributed by atoms with Crippen molar-refractivity contribution in [1.29, 1.82) is 5.26 Å². The lowest BCUT2D eigenvalue weighted by Gasteiger charge is -2.31. The zero-order chi connectivity index (χ0) is 12.1. The average Bonchev–Trinajstić information content (AvgIpc) is 2.33. The highest BCUT2D eigenvalue weighted by Crippen LogP contribution is 2.12. The molecule has 1 aromatic carbocycles. The molecule has 1 unspecified atom stereocenters. The van der Waals surface area contributed by atoms with Crippen LogP contribution in [0.3, 0.4) is 0 Å². The van der Waals surface area contributed by atoms with Gasteiger partial charge in [-0.1, -0.05) is 29.8 Å². The van der Waals surface area contributed by atoms with E-state index in [-0.39, 0.29) is 6.10 Å². The highest BCUT2D eigenvalue weighted by molar-refractivity contribution is 5.21. The van der Waals surface area contributed by atoms with Crippen molar-refractivity contribution >= 4 is 0 Å². The van der Waals surface area contributed by atoms with Gasteiger partial charge in [-0.2, -0.15) is 5.26 Å². The van der Waals surface area contributed by atoms with E-state index in [0.717, 1.165) is 26.2 Å². The number of nitriles is 1. The third-order valence-corrected chi connectivity index (χ3v) is 3.07. The standard InChI is InChI=1S/C14H18N2O/c1-12-2-4-13(5-3-12)10-16-8-9-17-14(11-16)6-7-15/h2-5,14H,6,8-11H2,1H3. The van der Waals surface area contributed by atoms with Crippen LogP contribution in [-0.2, 0) is 11.3 Å². The summed E-state index contributed by atoms with van der Waals surface area (Å²) >= 11 is 0. The Bertz CT molecular complexity index is 394. The van der Waals surface area contributed by atoms with Gasteiger partial charge in [-0.3, -0.25) is 4.90 Å². The Morgan fingerprint density at radius 1 is 1.41 bits per heavy atom. The first kappa shape index (κ1) is 12.1. The lowest BCUT2D eigenvalue weighted by Crippen LogP contribution is -2.41. The average molecular weight is 230 g/mol. The van der Waals surface area contributed by atoms with E-state index in [0.29, 0.717) is 6.42 Å². The molecule has 2 rings (SSSR count). The van der Waals surface area contributed by atoms with Crippen LogP contribution < -0.4 is 0 Å². The molecule has 0 saturated carbocycles. The molecule has 0 spiro atoms. The number of ether oxygens (including phenoxy) is 1. The zero-order valence-electron chi connectivity index (χ0n) is 10.2. The molecule has 3 nitrogen and oxygen atoms in total. The third kappa shape index (κ3) is 3.55. The summed E-state index contributed by atoms with van der Waals surface area (Å²) < 4.78 is 5.54. The predicted molar refractivity (Wildman–Crippen MR) is 66.4 cm³/mol. The maximum atomic E-state index is 8.68. The number of nitrogens with zero attached hydrogens (tertiary/aromatic N) is 2. The Kier molecular flexibility index (Phi) is 4.13. The van der Waals surface area contributed by atoms with E-state index in [4.69, 9.17) is 10.00 Å². The summed E-state index contributed by atoms with van der Waals surface area (Å²) in [5.74, 6) is 0. The van der Waals surface area contributed by atoms with Crippen LogP contribution in [0.2, 0.25) is 0 Å². The molecule has 1 atom stereocenters. The second-order valence-corrected chi connectivity index (χ2v) is 4.58. The number of hydrogen-bond donors (Lipinski definition) is 0. The minimum atomic E-state index is 0.0826. The first-order valence-corrected chi connectivity index (χ1v) is 6.04. The van der Waals surface area contributed by atoms with Gasteiger partial charge in [0, 0.05) is 19.6 Å². The van der Waals surface area contributed by atoms with Gasteiger partial charge in [0.05, 0.1) is 25.2 Å². The molecular formula is C14H18N2O. The fraction of sp³-hybridized carbons (Fsp3) is 0.500. The minimum Gasteiger partial charge on any atom is -0.374 e. The van der Waals surface area contributed by atoms with E-state index in [1.165, 1.54) is 11.1 Å². The van der Waals surface area contributed by atoms with E-state index >= 15 is 0 Å². The van der Waals surface area contributed by atoms with E-state index in [1.54, 1.807) is 0 Å². The number of rotatable bonds is 3. The Labute approximate surface area is 103 Å². The molecule has 0 bridgehead atoms. The zero-order valence-corrected chi connectivity index (χ0v) is 10.2. The van der Waals surface area contributed by atoms with Crippen molar-refractivity contribution < 1.29 is 4.74 Å². The SMILES string of the molecule is Cc1ccc(CN2CCOC(CC#N)C2)cc1. The van der Waals surface area contributed by atoms with Crippen molar-refractivity contribution in [3.63, 3.8) is 0 Å². The minimum absolute atomic E-state index is 0.0826. The molecule has 0 amide bonds. The molecule has 1 saturated heterocycles. The molecule has 3 heteroatoms. The van der Waals surface area contributed by atoms with E-state index in [9.17, 15) is 0 Å². The molecule has 17 heavy (non-hydrogen) atoms. The number of benzene rings is 1. The van der Waals surface area contributed by atoms with Crippen LogP contribution in [0.4, 0.5) is 0 Å². The third-order valence-electron chi connectivity index (χ3n) is 3.07. The summed E-state index contributed by atoms with van der Waals surface area (Å²) in [7, 11) is 0. The van der Waals surface area contributed by atoms with E-state index in [1.807, 2.05) is 0 Å². The summed E-state index contributed by atoms with van der Waals surface area (Å²) in [6.45, 7) is 5.60. The molecular weight excluding hydrogens is 212 g/mol. The Morgan fingerprint density at radius 3 is 2.88 bits per heavy atom. The van der Waals surface area contributed by atoms with Gasteiger partial charge in [-0.15, -0.1) is 0 Å². The maximum absolute atomic E-state index is 8.68. The molecule has 1 fully saturated rings. The van der Waals surface area contributed by atoms with Crippen molar-refractivity contribution in [1.82, 2.24) is 4.90 Å². The normalized spacial score (nSPS) is 21.1. The molecule has 0 aliphatic carbocycles. The summed E-state index contributed by atoms with van der Waals surface area (Å²) in [5, 5.41) is 8.68. The van der Waals surface area contributed by atoms with Crippen LogP contribution in [0.5, 0.6) is 0 Å². The summed E-state index contributed by atoms with van der Waals surface area (Å²) in [4.78, 5) is 2.36. The Hall–Kier alpha value is -1.37. The van der Waals surface area contributed by atoms with Gasteiger partial charge in [0.25, 0.3) is 0 Å². The molecule has 90 valence electrons. The van der Waals surface area contributed by atoms with Crippen molar-refractivity contribution in [2.75, 3.05) is 19.7 Å². The van der Waals surface area contributed by atoms with Crippen LogP contribution in [-0.4, -0.2) is 30.7 Å². The summed E-state index contributed by atoms with van der Waals surface area (Å²) in [6, 6.07) is 10.8. The quantitative estimate of drug-likeness (QED) is 0.798. The number of hydrogen-bond acceptors (Lipinski definition) is 3. The molecule has 0 N–H and O–H groups in total. The fourth-order valence-electron chi connectivity index (χ4n) is 2.10. The molecule has 1 aromatic rings. The predicted octanol–water partition coefficient (Wildman–Crippen LogP) is 2.11.